The molecule has 1 aliphatic rings. The number of nitrogens with one attached hydrogen (secondary N) is 2. The summed E-state index contributed by atoms with van der Waals surface area (Å²) in [5.41, 5.74) is 0.181. The van der Waals surface area contributed by atoms with Crippen molar-refractivity contribution in [2.75, 3.05) is 19.8 Å². The molecule has 19 heavy (non-hydrogen) atoms. The molecule has 1 aliphatic heterocycles. The van der Waals surface area contributed by atoms with E-state index in [0.717, 1.165) is 19.4 Å². The molecule has 1 unspecified atom stereocenters. The van der Waals surface area contributed by atoms with Gasteiger partial charge in [-0.15, -0.1) is 0 Å². The van der Waals surface area contributed by atoms with Gasteiger partial charge in [0.05, 0.1) is 11.5 Å². The first-order chi connectivity index (χ1) is 8.97. The number of aromatic nitrogens is 1. The molecule has 7 nitrogen and oxygen atoms in total. The quantitative estimate of drug-likeness (QED) is 0.712. The standard InChI is InChI=1S/C11H17N3O4S/c12-19(16,17)9-4-10(13-6-9)11(15)14-5-8-2-1-3-18-7-8/h4,6,8,13H,1-3,5,7H2,(H,14,15)(H2,12,16,17). The lowest BCUT2D eigenvalue weighted by Crippen LogP contribution is -2.33. The van der Waals surface area contributed by atoms with Gasteiger partial charge in [-0.05, 0) is 24.8 Å². The number of rotatable bonds is 4. The summed E-state index contributed by atoms with van der Waals surface area (Å²) in [4.78, 5) is 14.3. The zero-order chi connectivity index (χ0) is 13.9. The number of amides is 1. The van der Waals surface area contributed by atoms with Gasteiger partial charge in [0.25, 0.3) is 5.91 Å². The van der Waals surface area contributed by atoms with Crippen molar-refractivity contribution in [1.29, 1.82) is 0 Å². The first-order valence-electron chi connectivity index (χ1n) is 6.04. The molecule has 0 aliphatic carbocycles. The Hall–Kier alpha value is -1.38. The molecule has 1 saturated heterocycles. The van der Waals surface area contributed by atoms with Gasteiger partial charge in [-0.2, -0.15) is 0 Å². The molecule has 2 heterocycles. The Bertz CT molecular complexity index is 546. The van der Waals surface area contributed by atoms with Gasteiger partial charge in [0.2, 0.25) is 10.0 Å². The fourth-order valence-electron chi connectivity index (χ4n) is 1.97. The number of H-pyrrole nitrogens is 1. The van der Waals surface area contributed by atoms with Crippen LogP contribution in [-0.4, -0.2) is 39.1 Å². The Balaban J connectivity index is 1.91. The summed E-state index contributed by atoms with van der Waals surface area (Å²) >= 11 is 0. The SMILES string of the molecule is NS(=O)(=O)c1c[nH]c(C(=O)NCC2CCCOC2)c1. The number of carbonyl (C=O) groups excluding carboxylic acids is 1. The Morgan fingerprint density at radius 3 is 2.95 bits per heavy atom. The maximum atomic E-state index is 11.8. The molecule has 0 spiro atoms. The van der Waals surface area contributed by atoms with Crippen LogP contribution < -0.4 is 10.5 Å². The summed E-state index contributed by atoms with van der Waals surface area (Å²) in [5, 5.41) is 7.71. The third-order valence-corrected chi connectivity index (χ3v) is 3.93. The van der Waals surface area contributed by atoms with E-state index < -0.39 is 10.0 Å². The average Bonchev–Trinajstić information content (AvgIpc) is 2.87. The Morgan fingerprint density at radius 1 is 1.58 bits per heavy atom. The molecule has 0 aromatic carbocycles. The summed E-state index contributed by atoms with van der Waals surface area (Å²) in [5.74, 6) is -0.0363. The van der Waals surface area contributed by atoms with Crippen LogP contribution in [0.2, 0.25) is 0 Å². The Morgan fingerprint density at radius 2 is 2.37 bits per heavy atom. The van der Waals surface area contributed by atoms with Crippen molar-refractivity contribution in [1.82, 2.24) is 10.3 Å². The van der Waals surface area contributed by atoms with E-state index in [1.165, 1.54) is 12.3 Å². The highest BCUT2D eigenvalue weighted by molar-refractivity contribution is 7.89. The second-order valence-electron chi connectivity index (χ2n) is 4.59. The predicted molar refractivity (Wildman–Crippen MR) is 68.0 cm³/mol. The van der Waals surface area contributed by atoms with Crippen molar-refractivity contribution in [3.8, 4) is 0 Å². The van der Waals surface area contributed by atoms with Crippen molar-refractivity contribution in [2.45, 2.75) is 17.7 Å². The van der Waals surface area contributed by atoms with E-state index in [0.29, 0.717) is 19.1 Å². The number of nitrogens with two attached hydrogens (primary N) is 1. The first-order valence-corrected chi connectivity index (χ1v) is 7.58. The highest BCUT2D eigenvalue weighted by atomic mass is 32.2. The fourth-order valence-corrected chi connectivity index (χ4v) is 2.48. The number of ether oxygens (including phenoxy) is 1. The Labute approximate surface area is 111 Å². The summed E-state index contributed by atoms with van der Waals surface area (Å²) in [6, 6.07) is 1.22. The second-order valence-corrected chi connectivity index (χ2v) is 6.15. The number of sulfonamides is 1. The third-order valence-electron chi connectivity index (χ3n) is 3.04. The maximum Gasteiger partial charge on any atom is 0.267 e. The molecule has 0 saturated carbocycles. The van der Waals surface area contributed by atoms with Crippen molar-refractivity contribution >= 4 is 15.9 Å². The Kier molecular flexibility index (Phi) is 4.23. The minimum absolute atomic E-state index is 0.0985. The normalized spacial score (nSPS) is 20.2. The van der Waals surface area contributed by atoms with Crippen molar-refractivity contribution in [3.63, 3.8) is 0 Å². The summed E-state index contributed by atoms with van der Waals surface area (Å²) in [6.07, 6.45) is 3.22. The molecule has 1 fully saturated rings. The van der Waals surface area contributed by atoms with Crippen molar-refractivity contribution in [2.24, 2.45) is 11.1 Å². The molecule has 0 radical (unpaired) electrons. The molecule has 106 valence electrons. The molecular weight excluding hydrogens is 270 g/mol. The molecule has 1 aromatic heterocycles. The van der Waals surface area contributed by atoms with Crippen LogP contribution in [-0.2, 0) is 14.8 Å². The van der Waals surface area contributed by atoms with Gasteiger partial charge in [-0.1, -0.05) is 0 Å². The van der Waals surface area contributed by atoms with Crippen LogP contribution in [0.3, 0.4) is 0 Å². The molecule has 4 N–H and O–H groups in total. The second kappa shape index (κ2) is 5.72. The van der Waals surface area contributed by atoms with E-state index >= 15 is 0 Å². The van der Waals surface area contributed by atoms with E-state index in [9.17, 15) is 13.2 Å². The molecule has 1 aromatic rings. The molecule has 2 rings (SSSR count). The van der Waals surface area contributed by atoms with E-state index in [1.807, 2.05) is 0 Å². The van der Waals surface area contributed by atoms with Gasteiger partial charge >= 0.3 is 0 Å². The van der Waals surface area contributed by atoms with Gasteiger partial charge in [0.15, 0.2) is 0 Å². The van der Waals surface area contributed by atoms with Crippen LogP contribution in [0.5, 0.6) is 0 Å². The molecular formula is C11H17N3O4S. The minimum atomic E-state index is -3.78. The lowest BCUT2D eigenvalue weighted by atomic mass is 10.0. The molecule has 0 bridgehead atoms. The average molecular weight is 287 g/mol. The smallest absolute Gasteiger partial charge is 0.267 e. The van der Waals surface area contributed by atoms with Gasteiger partial charge in [0, 0.05) is 19.3 Å². The zero-order valence-corrected chi connectivity index (χ0v) is 11.2. The lowest BCUT2D eigenvalue weighted by molar-refractivity contribution is 0.0536. The van der Waals surface area contributed by atoms with Crippen molar-refractivity contribution in [3.05, 3.63) is 18.0 Å². The van der Waals surface area contributed by atoms with E-state index in [2.05, 4.69) is 10.3 Å². The van der Waals surface area contributed by atoms with Crippen LogP contribution in [0.15, 0.2) is 17.2 Å². The number of carbonyl (C=O) groups is 1. The van der Waals surface area contributed by atoms with Gasteiger partial charge in [0.1, 0.15) is 5.69 Å². The van der Waals surface area contributed by atoms with Crippen LogP contribution in [0.1, 0.15) is 23.3 Å². The van der Waals surface area contributed by atoms with Gasteiger partial charge < -0.3 is 15.0 Å². The predicted octanol–water partition coefficient (Wildman–Crippen LogP) is -0.181. The first kappa shape index (κ1) is 14.0. The zero-order valence-electron chi connectivity index (χ0n) is 10.4. The van der Waals surface area contributed by atoms with Gasteiger partial charge in [-0.3, -0.25) is 4.79 Å². The van der Waals surface area contributed by atoms with Crippen LogP contribution in [0.25, 0.3) is 0 Å². The number of hydrogen-bond donors (Lipinski definition) is 3. The summed E-state index contributed by atoms with van der Waals surface area (Å²) < 4.78 is 27.5. The number of primary sulfonamides is 1. The van der Waals surface area contributed by atoms with Crippen molar-refractivity contribution < 1.29 is 17.9 Å². The largest absolute Gasteiger partial charge is 0.381 e. The monoisotopic (exact) mass is 287 g/mol. The van der Waals surface area contributed by atoms with Gasteiger partial charge in [-0.25, -0.2) is 13.6 Å². The van der Waals surface area contributed by atoms with E-state index in [4.69, 9.17) is 9.88 Å². The molecule has 1 atom stereocenters. The lowest BCUT2D eigenvalue weighted by Gasteiger charge is -2.21. The highest BCUT2D eigenvalue weighted by Gasteiger charge is 2.17. The van der Waals surface area contributed by atoms with E-state index in [-0.39, 0.29) is 16.5 Å². The fraction of sp³-hybridized carbons (Fsp3) is 0.545. The maximum absolute atomic E-state index is 11.8. The number of hydrogen-bond acceptors (Lipinski definition) is 4. The van der Waals surface area contributed by atoms with Crippen LogP contribution in [0.4, 0.5) is 0 Å². The van der Waals surface area contributed by atoms with Crippen LogP contribution >= 0.6 is 0 Å². The highest BCUT2D eigenvalue weighted by Crippen LogP contribution is 2.13. The van der Waals surface area contributed by atoms with Crippen LogP contribution in [0, 0.1) is 5.92 Å². The number of aromatic amines is 1. The summed E-state index contributed by atoms with van der Waals surface area (Å²) in [7, 11) is -3.78. The molecule has 1 amide bonds. The summed E-state index contributed by atoms with van der Waals surface area (Å²) in [6.45, 7) is 1.94. The van der Waals surface area contributed by atoms with E-state index in [1.54, 1.807) is 0 Å². The third kappa shape index (κ3) is 3.79. The minimum Gasteiger partial charge on any atom is -0.381 e. The molecule has 8 heteroatoms. The topological polar surface area (TPSA) is 114 Å².